The van der Waals surface area contributed by atoms with Crippen molar-refractivity contribution in [2.24, 2.45) is 0 Å². The molecule has 4 heteroatoms. The van der Waals surface area contributed by atoms with Crippen molar-refractivity contribution >= 4 is 0 Å². The lowest BCUT2D eigenvalue weighted by Crippen LogP contribution is -2.21. The van der Waals surface area contributed by atoms with Crippen LogP contribution in [0.4, 0.5) is 0 Å². The Morgan fingerprint density at radius 1 is 1.24 bits per heavy atom. The number of rotatable bonds is 5. The van der Waals surface area contributed by atoms with Crippen molar-refractivity contribution < 1.29 is 8.83 Å². The van der Waals surface area contributed by atoms with Gasteiger partial charge in [0.1, 0.15) is 5.76 Å². The summed E-state index contributed by atoms with van der Waals surface area (Å²) in [6.07, 6.45) is 2.59. The first kappa shape index (κ1) is 11.9. The summed E-state index contributed by atoms with van der Waals surface area (Å²) in [5.74, 6) is 3.07. The van der Waals surface area contributed by atoms with Crippen molar-refractivity contribution in [2.45, 2.75) is 39.8 Å². The molecule has 1 N–H and O–H groups in total. The van der Waals surface area contributed by atoms with Crippen LogP contribution < -0.4 is 5.32 Å². The maximum atomic E-state index is 5.61. The SMILES string of the molecule is CCc1ccc(-c2cnc(CNC(C)C)o2)o1. The Labute approximate surface area is 101 Å². The topological polar surface area (TPSA) is 51.2 Å². The van der Waals surface area contributed by atoms with E-state index < -0.39 is 0 Å². The smallest absolute Gasteiger partial charge is 0.209 e. The summed E-state index contributed by atoms with van der Waals surface area (Å²) < 4.78 is 11.2. The number of hydrogen-bond acceptors (Lipinski definition) is 4. The van der Waals surface area contributed by atoms with Crippen LogP contribution in [0.1, 0.15) is 32.4 Å². The molecule has 0 radical (unpaired) electrons. The van der Waals surface area contributed by atoms with E-state index in [2.05, 4.69) is 31.1 Å². The maximum Gasteiger partial charge on any atom is 0.209 e. The van der Waals surface area contributed by atoms with Crippen LogP contribution in [0.3, 0.4) is 0 Å². The fraction of sp³-hybridized carbons (Fsp3) is 0.462. The van der Waals surface area contributed by atoms with E-state index in [9.17, 15) is 0 Å². The first-order chi connectivity index (χ1) is 8.19. The minimum absolute atomic E-state index is 0.417. The Morgan fingerprint density at radius 3 is 2.71 bits per heavy atom. The van der Waals surface area contributed by atoms with Gasteiger partial charge in [-0.1, -0.05) is 20.8 Å². The van der Waals surface area contributed by atoms with Crippen LogP contribution in [0.2, 0.25) is 0 Å². The van der Waals surface area contributed by atoms with Gasteiger partial charge in [0.2, 0.25) is 5.89 Å². The average Bonchev–Trinajstić information content (AvgIpc) is 2.94. The summed E-state index contributed by atoms with van der Waals surface area (Å²) in [5.41, 5.74) is 0. The highest BCUT2D eigenvalue weighted by molar-refractivity contribution is 5.48. The van der Waals surface area contributed by atoms with E-state index in [-0.39, 0.29) is 0 Å². The summed E-state index contributed by atoms with van der Waals surface area (Å²) in [6.45, 7) is 6.87. The molecule has 0 aromatic carbocycles. The predicted octanol–water partition coefficient (Wildman–Crippen LogP) is 3.00. The molecule has 0 aliphatic heterocycles. The number of furan rings is 1. The third-order valence-electron chi connectivity index (χ3n) is 2.47. The molecule has 0 saturated heterocycles. The van der Waals surface area contributed by atoms with Gasteiger partial charge in [0.15, 0.2) is 11.5 Å². The van der Waals surface area contributed by atoms with E-state index in [1.165, 1.54) is 0 Å². The zero-order valence-electron chi connectivity index (χ0n) is 10.5. The average molecular weight is 234 g/mol. The van der Waals surface area contributed by atoms with Crippen molar-refractivity contribution in [3.63, 3.8) is 0 Å². The minimum Gasteiger partial charge on any atom is -0.458 e. The number of nitrogens with zero attached hydrogens (tertiary/aromatic N) is 1. The molecule has 0 aliphatic carbocycles. The maximum absolute atomic E-state index is 5.61. The number of nitrogens with one attached hydrogen (secondary N) is 1. The van der Waals surface area contributed by atoms with Crippen LogP contribution in [0, 0.1) is 0 Å². The van der Waals surface area contributed by atoms with Gasteiger partial charge in [-0.15, -0.1) is 0 Å². The van der Waals surface area contributed by atoms with Crippen LogP contribution >= 0.6 is 0 Å². The molecule has 2 rings (SSSR count). The molecule has 0 spiro atoms. The van der Waals surface area contributed by atoms with Gasteiger partial charge in [-0.3, -0.25) is 0 Å². The second-order valence-electron chi connectivity index (χ2n) is 4.27. The molecule has 0 atom stereocenters. The largest absolute Gasteiger partial charge is 0.458 e. The monoisotopic (exact) mass is 234 g/mol. The first-order valence-electron chi connectivity index (χ1n) is 5.96. The summed E-state index contributed by atoms with van der Waals surface area (Å²) in [4.78, 5) is 4.21. The van der Waals surface area contributed by atoms with E-state index in [4.69, 9.17) is 8.83 Å². The highest BCUT2D eigenvalue weighted by Gasteiger charge is 2.10. The Kier molecular flexibility index (Phi) is 3.64. The molecule has 0 bridgehead atoms. The molecule has 2 aromatic rings. The van der Waals surface area contributed by atoms with Gasteiger partial charge in [0, 0.05) is 12.5 Å². The first-order valence-corrected chi connectivity index (χ1v) is 5.96. The summed E-state index contributed by atoms with van der Waals surface area (Å²) in [5, 5.41) is 3.26. The van der Waals surface area contributed by atoms with Gasteiger partial charge in [-0.2, -0.15) is 0 Å². The van der Waals surface area contributed by atoms with Crippen LogP contribution in [0.5, 0.6) is 0 Å². The molecule has 17 heavy (non-hydrogen) atoms. The van der Waals surface area contributed by atoms with Crippen LogP contribution in [-0.2, 0) is 13.0 Å². The summed E-state index contributed by atoms with van der Waals surface area (Å²) >= 11 is 0. The van der Waals surface area contributed by atoms with E-state index in [1.807, 2.05) is 12.1 Å². The quantitative estimate of drug-likeness (QED) is 0.864. The Bertz CT molecular complexity index is 471. The lowest BCUT2D eigenvalue weighted by Gasteiger charge is -2.03. The molecular formula is C13H18N2O2. The number of aromatic nitrogens is 1. The molecule has 2 heterocycles. The van der Waals surface area contributed by atoms with E-state index in [0.29, 0.717) is 24.2 Å². The van der Waals surface area contributed by atoms with Gasteiger partial charge in [0.05, 0.1) is 12.7 Å². The summed E-state index contributed by atoms with van der Waals surface area (Å²) in [7, 11) is 0. The molecule has 0 fully saturated rings. The second kappa shape index (κ2) is 5.19. The van der Waals surface area contributed by atoms with Crippen LogP contribution in [-0.4, -0.2) is 11.0 Å². The highest BCUT2D eigenvalue weighted by atomic mass is 16.4. The van der Waals surface area contributed by atoms with Gasteiger partial charge in [0.25, 0.3) is 0 Å². The molecule has 2 aromatic heterocycles. The minimum atomic E-state index is 0.417. The number of hydrogen-bond donors (Lipinski definition) is 1. The molecule has 0 saturated carbocycles. The van der Waals surface area contributed by atoms with Gasteiger partial charge in [-0.25, -0.2) is 4.98 Å². The summed E-state index contributed by atoms with van der Waals surface area (Å²) in [6, 6.07) is 4.30. The third kappa shape index (κ3) is 2.97. The van der Waals surface area contributed by atoms with Crippen molar-refractivity contribution in [1.82, 2.24) is 10.3 Å². The van der Waals surface area contributed by atoms with Crippen molar-refractivity contribution in [3.8, 4) is 11.5 Å². The molecule has 0 amide bonds. The Hall–Kier alpha value is -1.55. The Balaban J connectivity index is 2.07. The van der Waals surface area contributed by atoms with E-state index in [0.717, 1.165) is 17.9 Å². The van der Waals surface area contributed by atoms with E-state index in [1.54, 1.807) is 6.20 Å². The fourth-order valence-corrected chi connectivity index (χ4v) is 1.50. The zero-order valence-corrected chi connectivity index (χ0v) is 10.5. The highest BCUT2D eigenvalue weighted by Crippen LogP contribution is 2.23. The molecular weight excluding hydrogens is 216 g/mol. The molecule has 0 unspecified atom stereocenters. The van der Waals surface area contributed by atoms with Gasteiger partial charge in [-0.05, 0) is 12.1 Å². The number of aryl methyl sites for hydroxylation is 1. The van der Waals surface area contributed by atoms with Crippen molar-refractivity contribution in [3.05, 3.63) is 30.0 Å². The van der Waals surface area contributed by atoms with Crippen molar-refractivity contribution in [1.29, 1.82) is 0 Å². The third-order valence-corrected chi connectivity index (χ3v) is 2.47. The Morgan fingerprint density at radius 2 is 2.06 bits per heavy atom. The standard InChI is InChI=1S/C13H18N2O2/c1-4-10-5-6-11(16-10)12-7-15-13(17-12)8-14-9(2)3/h5-7,9,14H,4,8H2,1-3H3. The normalized spacial score (nSPS) is 11.3. The number of oxazole rings is 1. The molecule has 0 aliphatic rings. The lowest BCUT2D eigenvalue weighted by molar-refractivity contribution is 0.442. The molecule has 4 nitrogen and oxygen atoms in total. The van der Waals surface area contributed by atoms with Crippen LogP contribution in [0.15, 0.2) is 27.2 Å². The van der Waals surface area contributed by atoms with Gasteiger partial charge >= 0.3 is 0 Å². The van der Waals surface area contributed by atoms with Crippen LogP contribution in [0.25, 0.3) is 11.5 Å². The van der Waals surface area contributed by atoms with Crippen molar-refractivity contribution in [2.75, 3.05) is 0 Å². The van der Waals surface area contributed by atoms with E-state index >= 15 is 0 Å². The fourth-order valence-electron chi connectivity index (χ4n) is 1.50. The zero-order chi connectivity index (χ0) is 12.3. The van der Waals surface area contributed by atoms with Gasteiger partial charge < -0.3 is 14.2 Å². The lowest BCUT2D eigenvalue weighted by atomic mass is 10.3. The predicted molar refractivity (Wildman–Crippen MR) is 65.6 cm³/mol. The second-order valence-corrected chi connectivity index (χ2v) is 4.27. The molecule has 92 valence electrons.